The van der Waals surface area contributed by atoms with Crippen LogP contribution >= 0.6 is 39.1 Å². The Labute approximate surface area is 162 Å². The molecule has 0 saturated heterocycles. The highest BCUT2D eigenvalue weighted by molar-refractivity contribution is 9.10. The third kappa shape index (κ3) is 4.31. The van der Waals surface area contributed by atoms with Crippen molar-refractivity contribution in [2.24, 2.45) is 5.10 Å². The summed E-state index contributed by atoms with van der Waals surface area (Å²) in [6.45, 7) is 0. The second-order valence-corrected chi connectivity index (χ2v) is 6.70. The molecular formula is C18H11BrCl2N2O2. The smallest absolute Gasteiger partial charge is 0.272 e. The Balaban J connectivity index is 1.71. The van der Waals surface area contributed by atoms with Crippen LogP contribution in [0.2, 0.25) is 10.0 Å². The third-order valence-electron chi connectivity index (χ3n) is 3.30. The minimum Gasteiger partial charge on any atom is -0.455 e. The highest BCUT2D eigenvalue weighted by Gasteiger charge is 2.10. The van der Waals surface area contributed by atoms with E-state index in [-0.39, 0.29) is 5.91 Å². The lowest BCUT2D eigenvalue weighted by molar-refractivity contribution is 0.0954. The van der Waals surface area contributed by atoms with E-state index in [0.29, 0.717) is 37.2 Å². The summed E-state index contributed by atoms with van der Waals surface area (Å²) in [5.41, 5.74) is 3.63. The minimum atomic E-state index is -0.326. The van der Waals surface area contributed by atoms with Crippen molar-refractivity contribution in [3.8, 4) is 11.3 Å². The molecule has 0 unspecified atom stereocenters. The lowest BCUT2D eigenvalue weighted by Gasteiger charge is -2.02. The van der Waals surface area contributed by atoms with Crippen molar-refractivity contribution in [3.05, 3.63) is 80.4 Å². The number of hydrogen-bond donors (Lipinski definition) is 1. The number of furan rings is 1. The fourth-order valence-electron chi connectivity index (χ4n) is 2.11. The van der Waals surface area contributed by atoms with Crippen LogP contribution in [-0.2, 0) is 0 Å². The second-order valence-electron chi connectivity index (χ2n) is 5.01. The molecule has 0 saturated carbocycles. The van der Waals surface area contributed by atoms with Gasteiger partial charge >= 0.3 is 0 Å². The molecule has 7 heteroatoms. The molecule has 0 bridgehead atoms. The largest absolute Gasteiger partial charge is 0.455 e. The predicted octanol–water partition coefficient (Wildman–Crippen LogP) is 5.78. The van der Waals surface area contributed by atoms with Crippen molar-refractivity contribution < 1.29 is 9.21 Å². The molecule has 0 aliphatic rings. The van der Waals surface area contributed by atoms with Crippen LogP contribution in [0.4, 0.5) is 0 Å². The first-order chi connectivity index (χ1) is 12.0. The Hall–Kier alpha value is -2.08. The fraction of sp³-hybridized carbons (Fsp3) is 0. The Bertz CT molecular complexity index is 954. The summed E-state index contributed by atoms with van der Waals surface area (Å²) in [5.74, 6) is 0.706. The van der Waals surface area contributed by atoms with E-state index in [1.165, 1.54) is 6.21 Å². The second kappa shape index (κ2) is 7.87. The Morgan fingerprint density at radius 1 is 1.12 bits per heavy atom. The molecule has 0 aliphatic carbocycles. The lowest BCUT2D eigenvalue weighted by atomic mass is 10.2. The molecule has 0 fully saturated rings. The minimum absolute atomic E-state index is 0.326. The summed E-state index contributed by atoms with van der Waals surface area (Å²) in [6.07, 6.45) is 1.41. The first kappa shape index (κ1) is 17.7. The highest BCUT2D eigenvalue weighted by Crippen LogP contribution is 2.31. The molecule has 4 nitrogen and oxygen atoms in total. The highest BCUT2D eigenvalue weighted by atomic mass is 79.9. The SMILES string of the molecule is O=C(NN=Cc1ccc(-c2cc(Cl)ccc2Cl)o1)c1ccccc1Br. The molecule has 3 aromatic rings. The number of nitrogens with one attached hydrogen (secondary N) is 1. The maximum absolute atomic E-state index is 12.0. The first-order valence-corrected chi connectivity index (χ1v) is 8.72. The maximum atomic E-state index is 12.0. The number of amides is 1. The van der Waals surface area contributed by atoms with E-state index in [0.717, 1.165) is 0 Å². The van der Waals surface area contributed by atoms with E-state index in [2.05, 4.69) is 26.5 Å². The van der Waals surface area contributed by atoms with Gasteiger partial charge in [0.1, 0.15) is 11.5 Å². The summed E-state index contributed by atoms with van der Waals surface area (Å²) in [5, 5.41) is 5.00. The average Bonchev–Trinajstić information content (AvgIpc) is 3.06. The molecule has 2 aromatic carbocycles. The van der Waals surface area contributed by atoms with Gasteiger partial charge in [0, 0.05) is 15.1 Å². The van der Waals surface area contributed by atoms with Gasteiger partial charge in [-0.15, -0.1) is 0 Å². The van der Waals surface area contributed by atoms with E-state index in [4.69, 9.17) is 27.6 Å². The van der Waals surface area contributed by atoms with Crippen LogP contribution in [0.25, 0.3) is 11.3 Å². The van der Waals surface area contributed by atoms with Gasteiger partial charge in [0.15, 0.2) is 0 Å². The van der Waals surface area contributed by atoms with Crippen LogP contribution in [0.5, 0.6) is 0 Å². The van der Waals surface area contributed by atoms with Crippen LogP contribution < -0.4 is 5.43 Å². The standard InChI is InChI=1S/C18H11BrCl2N2O2/c19-15-4-2-1-3-13(15)18(24)23-22-10-12-6-8-17(25-12)14-9-11(20)5-7-16(14)21/h1-10H,(H,23,24). The van der Waals surface area contributed by atoms with Gasteiger partial charge in [0.25, 0.3) is 5.91 Å². The van der Waals surface area contributed by atoms with Gasteiger partial charge in [-0.3, -0.25) is 4.79 Å². The van der Waals surface area contributed by atoms with Gasteiger partial charge < -0.3 is 4.42 Å². The van der Waals surface area contributed by atoms with Gasteiger partial charge in [0.2, 0.25) is 0 Å². The van der Waals surface area contributed by atoms with Crippen molar-refractivity contribution in [2.75, 3.05) is 0 Å². The summed E-state index contributed by atoms with van der Waals surface area (Å²) in [4.78, 5) is 12.0. The molecule has 0 atom stereocenters. The number of hydrogen-bond acceptors (Lipinski definition) is 3. The molecule has 126 valence electrons. The van der Waals surface area contributed by atoms with Crippen molar-refractivity contribution in [3.63, 3.8) is 0 Å². The summed E-state index contributed by atoms with van der Waals surface area (Å²) >= 11 is 15.5. The first-order valence-electron chi connectivity index (χ1n) is 7.18. The van der Waals surface area contributed by atoms with E-state index in [1.54, 1.807) is 48.5 Å². The Morgan fingerprint density at radius 3 is 2.72 bits per heavy atom. The van der Waals surface area contributed by atoms with E-state index in [9.17, 15) is 4.79 Å². The number of carbonyl (C=O) groups is 1. The zero-order valence-corrected chi connectivity index (χ0v) is 15.8. The quantitative estimate of drug-likeness (QED) is 0.415. The Morgan fingerprint density at radius 2 is 1.92 bits per heavy atom. The number of benzene rings is 2. The molecule has 1 amide bonds. The maximum Gasteiger partial charge on any atom is 0.272 e. The molecule has 1 aromatic heterocycles. The van der Waals surface area contributed by atoms with Crippen molar-refractivity contribution in [1.82, 2.24) is 5.43 Å². The van der Waals surface area contributed by atoms with Crippen LogP contribution in [0.15, 0.2) is 68.6 Å². The number of halogens is 3. The fourth-order valence-corrected chi connectivity index (χ4v) is 2.96. The van der Waals surface area contributed by atoms with Gasteiger partial charge in [-0.05, 0) is 58.4 Å². The van der Waals surface area contributed by atoms with Gasteiger partial charge in [-0.2, -0.15) is 5.10 Å². The molecule has 0 radical (unpaired) electrons. The van der Waals surface area contributed by atoms with Gasteiger partial charge in [0.05, 0.1) is 16.8 Å². The van der Waals surface area contributed by atoms with Crippen LogP contribution in [0.1, 0.15) is 16.1 Å². The topological polar surface area (TPSA) is 54.6 Å². The molecule has 3 rings (SSSR count). The zero-order chi connectivity index (χ0) is 17.8. The van der Waals surface area contributed by atoms with E-state index in [1.807, 2.05) is 6.07 Å². The third-order valence-corrected chi connectivity index (χ3v) is 4.55. The van der Waals surface area contributed by atoms with Crippen LogP contribution in [-0.4, -0.2) is 12.1 Å². The molecule has 1 N–H and O–H groups in total. The number of hydrazone groups is 1. The van der Waals surface area contributed by atoms with Crippen LogP contribution in [0.3, 0.4) is 0 Å². The van der Waals surface area contributed by atoms with Crippen molar-refractivity contribution >= 4 is 51.3 Å². The Kier molecular flexibility index (Phi) is 5.58. The van der Waals surface area contributed by atoms with Crippen molar-refractivity contribution in [1.29, 1.82) is 0 Å². The normalized spacial score (nSPS) is 11.0. The van der Waals surface area contributed by atoms with Gasteiger partial charge in [-0.1, -0.05) is 35.3 Å². The number of carbonyl (C=O) groups excluding carboxylic acids is 1. The van der Waals surface area contributed by atoms with E-state index < -0.39 is 0 Å². The van der Waals surface area contributed by atoms with E-state index >= 15 is 0 Å². The summed E-state index contributed by atoms with van der Waals surface area (Å²) < 4.78 is 6.36. The number of nitrogens with zero attached hydrogens (tertiary/aromatic N) is 1. The van der Waals surface area contributed by atoms with Crippen LogP contribution in [0, 0.1) is 0 Å². The lowest BCUT2D eigenvalue weighted by Crippen LogP contribution is -2.17. The van der Waals surface area contributed by atoms with Gasteiger partial charge in [-0.25, -0.2) is 5.43 Å². The molecule has 0 spiro atoms. The molecule has 25 heavy (non-hydrogen) atoms. The summed E-state index contributed by atoms with van der Waals surface area (Å²) in [7, 11) is 0. The number of rotatable bonds is 4. The zero-order valence-electron chi connectivity index (χ0n) is 12.7. The monoisotopic (exact) mass is 436 g/mol. The molecule has 0 aliphatic heterocycles. The predicted molar refractivity (Wildman–Crippen MR) is 103 cm³/mol. The molecular weight excluding hydrogens is 427 g/mol. The average molecular weight is 438 g/mol. The van der Waals surface area contributed by atoms with Crippen molar-refractivity contribution in [2.45, 2.75) is 0 Å². The molecule has 1 heterocycles. The summed E-state index contributed by atoms with van der Waals surface area (Å²) in [6, 6.07) is 15.7.